The number of nitro groups is 1. The highest BCUT2D eigenvalue weighted by Crippen LogP contribution is 2.35. The molecule has 0 radical (unpaired) electrons. The maximum absolute atomic E-state index is 13.0. The highest BCUT2D eigenvalue weighted by Gasteiger charge is 2.38. The summed E-state index contributed by atoms with van der Waals surface area (Å²) in [4.78, 5) is 11.1. The first-order chi connectivity index (χ1) is 7.89. The quantitative estimate of drug-likeness (QED) is 0.639. The van der Waals surface area contributed by atoms with E-state index in [0.29, 0.717) is 5.69 Å². The lowest BCUT2D eigenvalue weighted by atomic mass is 10.2. The normalized spacial score (nSPS) is 18.4. The molecule has 1 aliphatic rings. The molecule has 0 saturated carbocycles. The second kappa shape index (κ2) is 3.83. The van der Waals surface area contributed by atoms with Crippen LogP contribution in [-0.2, 0) is 0 Å². The Bertz CT molecular complexity index is 465. The van der Waals surface area contributed by atoms with Crippen molar-refractivity contribution in [1.82, 2.24) is 0 Å². The first-order valence-electron chi connectivity index (χ1n) is 4.99. The monoisotopic (exact) mass is 244 g/mol. The Balaban J connectivity index is 2.24. The Hall–Kier alpha value is -1.92. The van der Waals surface area contributed by atoms with Crippen LogP contribution in [0.2, 0.25) is 0 Å². The van der Waals surface area contributed by atoms with Gasteiger partial charge in [0, 0.05) is 30.8 Å². The van der Waals surface area contributed by atoms with E-state index in [2.05, 4.69) is 0 Å². The fourth-order valence-electron chi connectivity index (χ4n) is 1.82. The highest BCUT2D eigenvalue weighted by molar-refractivity contribution is 5.59. The van der Waals surface area contributed by atoms with Crippen molar-refractivity contribution in [2.75, 3.05) is 18.0 Å². The molecule has 1 saturated heterocycles. The van der Waals surface area contributed by atoms with Crippen molar-refractivity contribution in [3.05, 3.63) is 28.3 Å². The molecule has 5 nitrogen and oxygen atoms in total. The van der Waals surface area contributed by atoms with Crippen LogP contribution in [0.5, 0.6) is 5.75 Å². The van der Waals surface area contributed by atoms with E-state index in [9.17, 15) is 24.0 Å². The van der Waals surface area contributed by atoms with Gasteiger partial charge >= 0.3 is 5.69 Å². The minimum absolute atomic E-state index is 0.171. The van der Waals surface area contributed by atoms with Crippen LogP contribution >= 0.6 is 0 Å². The van der Waals surface area contributed by atoms with Crippen LogP contribution in [0, 0.1) is 10.1 Å². The Morgan fingerprint density at radius 2 is 2.18 bits per heavy atom. The average Bonchev–Trinajstić information content (AvgIpc) is 2.58. The Kier molecular flexibility index (Phi) is 2.60. The van der Waals surface area contributed by atoms with Gasteiger partial charge in [0.25, 0.3) is 5.92 Å². The smallest absolute Gasteiger partial charge is 0.310 e. The molecular weight excluding hydrogens is 234 g/mol. The standard InChI is InChI=1S/C10H10F2N2O3/c11-10(12)3-4-13(6-10)7-1-2-8(14(16)17)9(15)5-7/h1-2,5,15H,3-4,6H2. The van der Waals surface area contributed by atoms with Gasteiger partial charge < -0.3 is 10.0 Å². The van der Waals surface area contributed by atoms with Gasteiger partial charge in [-0.3, -0.25) is 10.1 Å². The minimum Gasteiger partial charge on any atom is -0.502 e. The Labute approximate surface area is 95.4 Å². The summed E-state index contributed by atoms with van der Waals surface area (Å²) in [6.07, 6.45) is -0.245. The number of alkyl halides is 2. The highest BCUT2D eigenvalue weighted by atomic mass is 19.3. The van der Waals surface area contributed by atoms with E-state index < -0.39 is 28.8 Å². The zero-order valence-corrected chi connectivity index (χ0v) is 8.77. The van der Waals surface area contributed by atoms with E-state index in [1.165, 1.54) is 11.0 Å². The fraction of sp³-hybridized carbons (Fsp3) is 0.400. The van der Waals surface area contributed by atoms with Gasteiger partial charge in [-0.05, 0) is 6.07 Å². The van der Waals surface area contributed by atoms with Crippen LogP contribution in [-0.4, -0.2) is 29.0 Å². The van der Waals surface area contributed by atoms with Gasteiger partial charge in [0.15, 0.2) is 5.75 Å². The molecule has 0 aromatic heterocycles. The van der Waals surface area contributed by atoms with Crippen molar-refractivity contribution in [3.63, 3.8) is 0 Å². The summed E-state index contributed by atoms with van der Waals surface area (Å²) in [5.41, 5.74) is -0.0648. The molecule has 1 heterocycles. The molecule has 0 bridgehead atoms. The van der Waals surface area contributed by atoms with E-state index >= 15 is 0 Å². The summed E-state index contributed by atoms with van der Waals surface area (Å²) in [6, 6.07) is 3.61. The molecule has 1 aliphatic heterocycles. The molecule has 0 aliphatic carbocycles. The number of phenols is 1. The molecule has 1 fully saturated rings. The first kappa shape index (κ1) is 11.6. The van der Waals surface area contributed by atoms with E-state index in [-0.39, 0.29) is 13.0 Å². The van der Waals surface area contributed by atoms with Crippen molar-refractivity contribution in [2.24, 2.45) is 0 Å². The molecule has 2 rings (SSSR count). The average molecular weight is 244 g/mol. The third kappa shape index (κ3) is 2.27. The third-order valence-corrected chi connectivity index (χ3v) is 2.69. The Morgan fingerprint density at radius 3 is 2.65 bits per heavy atom. The van der Waals surface area contributed by atoms with E-state index in [4.69, 9.17) is 0 Å². The lowest BCUT2D eigenvalue weighted by Crippen LogP contribution is -2.24. The van der Waals surface area contributed by atoms with Crippen LogP contribution in [0.3, 0.4) is 0 Å². The second-order valence-corrected chi connectivity index (χ2v) is 3.96. The lowest BCUT2D eigenvalue weighted by molar-refractivity contribution is -0.385. The van der Waals surface area contributed by atoms with E-state index in [1.807, 2.05) is 0 Å². The molecule has 1 aromatic carbocycles. The van der Waals surface area contributed by atoms with Gasteiger partial charge in [-0.15, -0.1) is 0 Å². The second-order valence-electron chi connectivity index (χ2n) is 3.96. The number of rotatable bonds is 2. The zero-order chi connectivity index (χ0) is 12.6. The predicted octanol–water partition coefficient (Wildman–Crippen LogP) is 2.15. The SMILES string of the molecule is O=[N+]([O-])c1ccc(N2CCC(F)(F)C2)cc1O. The topological polar surface area (TPSA) is 66.6 Å². The van der Waals surface area contributed by atoms with Crippen molar-refractivity contribution >= 4 is 11.4 Å². The number of benzene rings is 1. The molecule has 0 atom stereocenters. The largest absolute Gasteiger partial charge is 0.502 e. The first-order valence-corrected chi connectivity index (χ1v) is 4.99. The van der Waals surface area contributed by atoms with Gasteiger partial charge in [0.1, 0.15) is 0 Å². The van der Waals surface area contributed by atoms with Gasteiger partial charge in [-0.25, -0.2) is 8.78 Å². The number of nitro benzene ring substituents is 1. The van der Waals surface area contributed by atoms with Crippen molar-refractivity contribution in [2.45, 2.75) is 12.3 Å². The fourth-order valence-corrected chi connectivity index (χ4v) is 1.82. The van der Waals surface area contributed by atoms with Gasteiger partial charge in [0.05, 0.1) is 11.5 Å². The molecule has 0 spiro atoms. The summed E-state index contributed by atoms with van der Waals surface area (Å²) < 4.78 is 26.0. The minimum atomic E-state index is -2.74. The maximum Gasteiger partial charge on any atom is 0.310 e. The number of phenolic OH excluding ortho intramolecular Hbond substituents is 1. The summed E-state index contributed by atoms with van der Waals surface area (Å²) in [5, 5.41) is 19.9. The molecule has 1 N–H and O–H groups in total. The predicted molar refractivity (Wildman–Crippen MR) is 56.5 cm³/mol. The molecule has 92 valence electrons. The molecular formula is C10H10F2N2O3. The van der Waals surface area contributed by atoms with Gasteiger partial charge in [0.2, 0.25) is 0 Å². The van der Waals surface area contributed by atoms with Crippen molar-refractivity contribution < 1.29 is 18.8 Å². The lowest BCUT2D eigenvalue weighted by Gasteiger charge is -2.18. The van der Waals surface area contributed by atoms with Gasteiger partial charge in [-0.2, -0.15) is 0 Å². The summed E-state index contributed by atoms with van der Waals surface area (Å²) in [7, 11) is 0. The summed E-state index contributed by atoms with van der Waals surface area (Å²) in [5.74, 6) is -3.25. The zero-order valence-electron chi connectivity index (χ0n) is 8.77. The van der Waals surface area contributed by atoms with Gasteiger partial charge in [-0.1, -0.05) is 0 Å². The number of anilines is 1. The number of halogens is 2. The number of nitrogens with zero attached hydrogens (tertiary/aromatic N) is 2. The molecule has 0 amide bonds. The molecule has 0 unspecified atom stereocenters. The summed E-state index contributed by atoms with van der Waals surface area (Å²) >= 11 is 0. The molecule has 7 heteroatoms. The summed E-state index contributed by atoms with van der Waals surface area (Å²) in [6.45, 7) is -0.255. The third-order valence-electron chi connectivity index (χ3n) is 2.69. The van der Waals surface area contributed by atoms with Crippen LogP contribution in [0.15, 0.2) is 18.2 Å². The van der Waals surface area contributed by atoms with Crippen molar-refractivity contribution in [1.29, 1.82) is 0 Å². The van der Waals surface area contributed by atoms with E-state index in [0.717, 1.165) is 12.1 Å². The van der Waals surface area contributed by atoms with E-state index in [1.54, 1.807) is 0 Å². The van der Waals surface area contributed by atoms with Crippen molar-refractivity contribution in [3.8, 4) is 5.75 Å². The van der Waals surface area contributed by atoms with Crippen LogP contribution in [0.1, 0.15) is 6.42 Å². The Morgan fingerprint density at radius 1 is 1.47 bits per heavy atom. The van der Waals surface area contributed by atoms with Crippen LogP contribution in [0.25, 0.3) is 0 Å². The van der Waals surface area contributed by atoms with Crippen LogP contribution < -0.4 is 4.90 Å². The number of aromatic hydroxyl groups is 1. The molecule has 17 heavy (non-hydrogen) atoms. The maximum atomic E-state index is 13.0. The number of hydrogen-bond donors (Lipinski definition) is 1. The molecule has 1 aromatic rings. The van der Waals surface area contributed by atoms with Crippen LogP contribution in [0.4, 0.5) is 20.2 Å². The number of hydrogen-bond acceptors (Lipinski definition) is 4.